The zero-order valence-electron chi connectivity index (χ0n) is 10.6. The number of nitrogens with two attached hydrogens (primary N) is 1. The Kier molecular flexibility index (Phi) is 6.67. The van der Waals surface area contributed by atoms with Crippen molar-refractivity contribution < 1.29 is 17.9 Å². The van der Waals surface area contributed by atoms with Crippen molar-refractivity contribution >= 4 is 15.7 Å². The summed E-state index contributed by atoms with van der Waals surface area (Å²) in [5, 5.41) is 0. The van der Waals surface area contributed by atoms with Crippen LogP contribution in [0.1, 0.15) is 0 Å². The van der Waals surface area contributed by atoms with Gasteiger partial charge in [-0.25, -0.2) is 13.1 Å². The van der Waals surface area contributed by atoms with Gasteiger partial charge in [-0.15, -0.1) is 0 Å². The molecule has 0 saturated heterocycles. The van der Waals surface area contributed by atoms with Crippen LogP contribution in [0, 0.1) is 0 Å². The Morgan fingerprint density at radius 3 is 2.84 bits per heavy atom. The van der Waals surface area contributed by atoms with Gasteiger partial charge in [0.05, 0.1) is 25.5 Å². The molecule has 19 heavy (non-hydrogen) atoms. The van der Waals surface area contributed by atoms with Gasteiger partial charge < -0.3 is 14.9 Å². The zero-order valence-corrected chi connectivity index (χ0v) is 11.4. The van der Waals surface area contributed by atoms with Gasteiger partial charge in [-0.2, -0.15) is 0 Å². The van der Waals surface area contributed by atoms with Crippen LogP contribution in [-0.2, 0) is 19.5 Å². The number of nitrogens with one attached hydrogen (secondary N) is 2. The lowest BCUT2D eigenvalue weighted by molar-refractivity contribution is 0.0736. The maximum atomic E-state index is 12.0. The highest BCUT2D eigenvalue weighted by Crippen LogP contribution is 2.17. The number of nitrogen functional groups attached to an aromatic ring is 1. The quantitative estimate of drug-likeness (QED) is 0.313. The molecule has 0 aromatic carbocycles. The molecule has 1 rings (SSSR count). The monoisotopic (exact) mass is 290 g/mol. The van der Waals surface area contributed by atoms with Crippen molar-refractivity contribution in [2.45, 2.75) is 4.90 Å². The lowest BCUT2D eigenvalue weighted by atomic mass is 10.4. The average Bonchev–Trinajstić information content (AvgIpc) is 2.42. The summed E-state index contributed by atoms with van der Waals surface area (Å²) in [5.74, 6) is 5.25. The highest BCUT2D eigenvalue weighted by Gasteiger charge is 2.17. The SMILES string of the molecule is COCCOCCNS(=O)(=O)c1cnccc1NN. The Balaban J connectivity index is 2.52. The fraction of sp³-hybridized carbons (Fsp3) is 0.500. The van der Waals surface area contributed by atoms with Gasteiger partial charge in [-0.05, 0) is 6.07 Å². The fourth-order valence-corrected chi connectivity index (χ4v) is 2.41. The van der Waals surface area contributed by atoms with Crippen LogP contribution in [0.3, 0.4) is 0 Å². The molecule has 1 heterocycles. The maximum absolute atomic E-state index is 12.0. The van der Waals surface area contributed by atoms with Crippen LogP contribution in [0.5, 0.6) is 0 Å². The van der Waals surface area contributed by atoms with Crippen molar-refractivity contribution in [3.63, 3.8) is 0 Å². The molecule has 1 aromatic rings. The summed E-state index contributed by atoms with van der Waals surface area (Å²) in [4.78, 5) is 3.76. The Labute approximate surface area is 112 Å². The van der Waals surface area contributed by atoms with Crippen LogP contribution in [0.15, 0.2) is 23.4 Å². The second-order valence-corrected chi connectivity index (χ2v) is 5.25. The smallest absolute Gasteiger partial charge is 0.244 e. The molecule has 4 N–H and O–H groups in total. The number of sulfonamides is 1. The van der Waals surface area contributed by atoms with Gasteiger partial charge >= 0.3 is 0 Å². The lowest BCUT2D eigenvalue weighted by Gasteiger charge is -2.10. The number of anilines is 1. The maximum Gasteiger partial charge on any atom is 0.244 e. The van der Waals surface area contributed by atoms with Crippen LogP contribution in [-0.4, -0.2) is 46.9 Å². The van der Waals surface area contributed by atoms with Gasteiger partial charge in [0.2, 0.25) is 10.0 Å². The van der Waals surface area contributed by atoms with E-state index in [-0.39, 0.29) is 23.7 Å². The normalized spacial score (nSPS) is 11.5. The standard InChI is InChI=1S/C10H18N4O4S/c1-17-6-7-18-5-4-13-19(15,16)10-8-12-3-2-9(10)14-11/h2-3,8,13H,4-7,11H2,1H3,(H,12,14). The van der Waals surface area contributed by atoms with Crippen molar-refractivity contribution in [3.8, 4) is 0 Å². The number of methoxy groups -OCH3 is 1. The van der Waals surface area contributed by atoms with E-state index in [1.54, 1.807) is 7.11 Å². The number of hydrogen-bond donors (Lipinski definition) is 3. The van der Waals surface area contributed by atoms with E-state index in [4.69, 9.17) is 15.3 Å². The second kappa shape index (κ2) is 8.02. The number of pyridine rings is 1. The van der Waals surface area contributed by atoms with Crippen LogP contribution in [0.4, 0.5) is 5.69 Å². The Morgan fingerprint density at radius 2 is 2.16 bits per heavy atom. The number of rotatable bonds is 9. The summed E-state index contributed by atoms with van der Waals surface area (Å²) in [6, 6.07) is 1.48. The van der Waals surface area contributed by atoms with Crippen LogP contribution in [0.2, 0.25) is 0 Å². The largest absolute Gasteiger partial charge is 0.382 e. The minimum absolute atomic E-state index is 0.00519. The summed E-state index contributed by atoms with van der Waals surface area (Å²) in [5.41, 5.74) is 2.59. The minimum atomic E-state index is -3.66. The molecule has 0 atom stereocenters. The third-order valence-corrected chi connectivity index (χ3v) is 3.69. The molecule has 108 valence electrons. The van der Waals surface area contributed by atoms with Gasteiger partial charge in [-0.1, -0.05) is 0 Å². The van der Waals surface area contributed by atoms with E-state index < -0.39 is 10.0 Å². The highest BCUT2D eigenvalue weighted by molar-refractivity contribution is 7.89. The number of ether oxygens (including phenoxy) is 2. The summed E-state index contributed by atoms with van der Waals surface area (Å²) >= 11 is 0. The van der Waals surface area contributed by atoms with E-state index in [1.165, 1.54) is 18.5 Å². The van der Waals surface area contributed by atoms with E-state index >= 15 is 0 Å². The molecule has 0 aliphatic carbocycles. The first kappa shape index (κ1) is 15.8. The average molecular weight is 290 g/mol. The van der Waals surface area contributed by atoms with Gasteiger partial charge in [0, 0.05) is 26.0 Å². The molecule has 0 radical (unpaired) electrons. The van der Waals surface area contributed by atoms with E-state index in [0.29, 0.717) is 13.2 Å². The molecule has 8 nitrogen and oxygen atoms in total. The van der Waals surface area contributed by atoms with Crippen molar-refractivity contribution in [3.05, 3.63) is 18.5 Å². The molecule has 9 heteroatoms. The fourth-order valence-electron chi connectivity index (χ4n) is 1.28. The Hall–Kier alpha value is -1.26. The van der Waals surface area contributed by atoms with Gasteiger partial charge in [0.25, 0.3) is 0 Å². The number of aromatic nitrogens is 1. The number of nitrogens with zero attached hydrogens (tertiary/aromatic N) is 1. The molecule has 0 fully saturated rings. The van der Waals surface area contributed by atoms with Gasteiger partial charge in [-0.3, -0.25) is 10.8 Å². The molecule has 0 aliphatic heterocycles. The lowest BCUT2D eigenvalue weighted by Crippen LogP contribution is -2.29. The number of hydrogen-bond acceptors (Lipinski definition) is 7. The molecular formula is C10H18N4O4S. The molecule has 0 amide bonds. The molecule has 0 aliphatic rings. The third-order valence-electron chi connectivity index (χ3n) is 2.20. The van der Waals surface area contributed by atoms with E-state index in [9.17, 15) is 8.42 Å². The first-order valence-electron chi connectivity index (χ1n) is 5.59. The Bertz CT molecular complexity index is 480. The molecule has 0 saturated carbocycles. The molecule has 1 aromatic heterocycles. The number of hydrazine groups is 1. The molecular weight excluding hydrogens is 272 g/mol. The summed E-state index contributed by atoms with van der Waals surface area (Å²) < 4.78 is 36.3. The van der Waals surface area contributed by atoms with E-state index in [2.05, 4.69) is 15.1 Å². The summed E-state index contributed by atoms with van der Waals surface area (Å²) in [6.07, 6.45) is 2.67. The summed E-state index contributed by atoms with van der Waals surface area (Å²) in [7, 11) is -2.10. The zero-order chi connectivity index (χ0) is 14.1. The Morgan fingerprint density at radius 1 is 1.37 bits per heavy atom. The molecule has 0 spiro atoms. The van der Waals surface area contributed by atoms with E-state index in [1.807, 2.05) is 0 Å². The van der Waals surface area contributed by atoms with Crippen LogP contribution in [0.25, 0.3) is 0 Å². The predicted molar refractivity (Wildman–Crippen MR) is 69.9 cm³/mol. The first-order valence-corrected chi connectivity index (χ1v) is 7.07. The molecule has 0 bridgehead atoms. The van der Waals surface area contributed by atoms with Gasteiger partial charge in [0.15, 0.2) is 0 Å². The van der Waals surface area contributed by atoms with Crippen molar-refractivity contribution in [1.29, 1.82) is 0 Å². The summed E-state index contributed by atoms with van der Waals surface area (Å²) in [6.45, 7) is 1.30. The molecule has 0 unspecified atom stereocenters. The highest BCUT2D eigenvalue weighted by atomic mass is 32.2. The second-order valence-electron chi connectivity index (χ2n) is 3.52. The van der Waals surface area contributed by atoms with Crippen LogP contribution >= 0.6 is 0 Å². The topological polar surface area (TPSA) is 116 Å². The van der Waals surface area contributed by atoms with Crippen molar-refractivity contribution in [2.75, 3.05) is 38.9 Å². The van der Waals surface area contributed by atoms with Gasteiger partial charge in [0.1, 0.15) is 4.90 Å². The minimum Gasteiger partial charge on any atom is -0.382 e. The third kappa shape index (κ3) is 5.09. The van der Waals surface area contributed by atoms with Crippen molar-refractivity contribution in [2.24, 2.45) is 5.84 Å². The predicted octanol–water partition coefficient (Wildman–Crippen LogP) is -0.691. The van der Waals surface area contributed by atoms with Crippen LogP contribution < -0.4 is 16.0 Å². The van der Waals surface area contributed by atoms with E-state index in [0.717, 1.165) is 0 Å². The first-order chi connectivity index (χ1) is 9.11. The van der Waals surface area contributed by atoms with Crippen molar-refractivity contribution in [1.82, 2.24) is 9.71 Å².